The van der Waals surface area contributed by atoms with E-state index in [2.05, 4.69) is 23.7 Å². The van der Waals surface area contributed by atoms with Crippen LogP contribution in [0.2, 0.25) is 5.02 Å². The number of piperidine rings is 1. The minimum atomic E-state index is 0.386. The third-order valence-corrected chi connectivity index (χ3v) is 4.65. The van der Waals surface area contributed by atoms with Crippen LogP contribution in [0.5, 0.6) is 0 Å². The second-order valence-corrected chi connectivity index (χ2v) is 6.23. The molecule has 1 aromatic heterocycles. The zero-order valence-corrected chi connectivity index (χ0v) is 13.0. The molecule has 0 spiro atoms. The Labute approximate surface area is 125 Å². The standard InChI is InChI=1S/C16H22ClN3/c1-3-15(20-9-5-4-6-11(20)2)16-18-13-8-7-12(17)10-14(13)19-16/h7-8,10-11,15H,3-6,9H2,1-2H3,(H,18,19). The first kappa shape index (κ1) is 13.9. The van der Waals surface area contributed by atoms with Crippen molar-refractivity contribution in [1.29, 1.82) is 0 Å². The van der Waals surface area contributed by atoms with Gasteiger partial charge in [-0.1, -0.05) is 24.9 Å². The zero-order valence-electron chi connectivity index (χ0n) is 12.2. The summed E-state index contributed by atoms with van der Waals surface area (Å²) >= 11 is 6.06. The van der Waals surface area contributed by atoms with Gasteiger partial charge in [-0.15, -0.1) is 0 Å². The second-order valence-electron chi connectivity index (χ2n) is 5.79. The van der Waals surface area contributed by atoms with Gasteiger partial charge < -0.3 is 4.98 Å². The Morgan fingerprint density at radius 3 is 3.05 bits per heavy atom. The average molecular weight is 292 g/mol. The molecule has 20 heavy (non-hydrogen) atoms. The van der Waals surface area contributed by atoms with Gasteiger partial charge >= 0.3 is 0 Å². The number of nitrogens with zero attached hydrogens (tertiary/aromatic N) is 2. The summed E-state index contributed by atoms with van der Waals surface area (Å²) < 4.78 is 0. The van der Waals surface area contributed by atoms with Gasteiger partial charge in [0.15, 0.2) is 0 Å². The summed E-state index contributed by atoms with van der Waals surface area (Å²) in [7, 11) is 0. The number of hydrogen-bond acceptors (Lipinski definition) is 2. The van der Waals surface area contributed by atoms with Crippen molar-refractivity contribution in [2.24, 2.45) is 0 Å². The van der Waals surface area contributed by atoms with Crippen molar-refractivity contribution in [1.82, 2.24) is 14.9 Å². The van der Waals surface area contributed by atoms with E-state index in [1.165, 1.54) is 25.8 Å². The monoisotopic (exact) mass is 291 g/mol. The number of likely N-dealkylation sites (tertiary alicyclic amines) is 1. The van der Waals surface area contributed by atoms with Crippen molar-refractivity contribution in [3.8, 4) is 0 Å². The van der Waals surface area contributed by atoms with Crippen molar-refractivity contribution >= 4 is 22.6 Å². The SMILES string of the molecule is CCC(c1nc2ccc(Cl)cc2[nH]1)N1CCCCC1C. The van der Waals surface area contributed by atoms with Gasteiger partial charge in [0.2, 0.25) is 0 Å². The van der Waals surface area contributed by atoms with E-state index in [-0.39, 0.29) is 0 Å². The molecular formula is C16H22ClN3. The lowest BCUT2D eigenvalue weighted by molar-refractivity contribution is 0.0979. The summed E-state index contributed by atoms with van der Waals surface area (Å²) in [4.78, 5) is 10.8. The van der Waals surface area contributed by atoms with Crippen molar-refractivity contribution in [3.63, 3.8) is 0 Å². The second kappa shape index (κ2) is 5.74. The molecule has 2 aromatic rings. The first-order valence-electron chi connectivity index (χ1n) is 7.60. The van der Waals surface area contributed by atoms with Crippen LogP contribution in [-0.2, 0) is 0 Å². The molecule has 0 amide bonds. The van der Waals surface area contributed by atoms with Gasteiger partial charge in [-0.05, 0) is 50.9 Å². The lowest BCUT2D eigenvalue weighted by Crippen LogP contribution is -2.40. The Morgan fingerprint density at radius 2 is 2.30 bits per heavy atom. The highest BCUT2D eigenvalue weighted by Gasteiger charge is 2.27. The van der Waals surface area contributed by atoms with E-state index < -0.39 is 0 Å². The number of fused-ring (bicyclic) bond motifs is 1. The van der Waals surface area contributed by atoms with Crippen molar-refractivity contribution in [2.45, 2.75) is 51.6 Å². The smallest absolute Gasteiger partial charge is 0.124 e. The van der Waals surface area contributed by atoms with Gasteiger partial charge in [-0.25, -0.2) is 4.98 Å². The van der Waals surface area contributed by atoms with Gasteiger partial charge in [-0.2, -0.15) is 0 Å². The number of imidazole rings is 1. The largest absolute Gasteiger partial charge is 0.341 e. The van der Waals surface area contributed by atoms with Gasteiger partial charge in [0.25, 0.3) is 0 Å². The summed E-state index contributed by atoms with van der Waals surface area (Å²) in [5.74, 6) is 1.08. The van der Waals surface area contributed by atoms with Crippen molar-refractivity contribution in [3.05, 3.63) is 29.0 Å². The van der Waals surface area contributed by atoms with Gasteiger partial charge in [-0.3, -0.25) is 4.90 Å². The minimum absolute atomic E-state index is 0.386. The van der Waals surface area contributed by atoms with E-state index >= 15 is 0 Å². The van der Waals surface area contributed by atoms with E-state index in [1.807, 2.05) is 18.2 Å². The number of nitrogens with one attached hydrogen (secondary N) is 1. The lowest BCUT2D eigenvalue weighted by atomic mass is 10.00. The molecule has 1 fully saturated rings. The zero-order chi connectivity index (χ0) is 14.1. The highest BCUT2D eigenvalue weighted by atomic mass is 35.5. The van der Waals surface area contributed by atoms with Crippen LogP contribution in [-0.4, -0.2) is 27.5 Å². The van der Waals surface area contributed by atoms with E-state index in [4.69, 9.17) is 16.6 Å². The quantitative estimate of drug-likeness (QED) is 0.900. The molecule has 2 atom stereocenters. The Kier molecular flexibility index (Phi) is 3.99. The Balaban J connectivity index is 1.94. The molecular weight excluding hydrogens is 270 g/mol. The van der Waals surface area contributed by atoms with Crippen molar-refractivity contribution < 1.29 is 0 Å². The molecule has 0 bridgehead atoms. The number of benzene rings is 1. The minimum Gasteiger partial charge on any atom is -0.341 e. The van der Waals surface area contributed by atoms with Crippen LogP contribution < -0.4 is 0 Å². The molecule has 1 aromatic carbocycles. The maximum Gasteiger partial charge on any atom is 0.124 e. The highest BCUT2D eigenvalue weighted by Crippen LogP contribution is 2.30. The van der Waals surface area contributed by atoms with Crippen LogP contribution >= 0.6 is 11.6 Å². The van der Waals surface area contributed by atoms with Gasteiger partial charge in [0.1, 0.15) is 5.82 Å². The van der Waals surface area contributed by atoms with E-state index in [1.54, 1.807) is 0 Å². The molecule has 1 N–H and O–H groups in total. The van der Waals surface area contributed by atoms with Gasteiger partial charge in [0.05, 0.1) is 17.1 Å². The molecule has 3 rings (SSSR count). The van der Waals surface area contributed by atoms with Crippen LogP contribution in [0.15, 0.2) is 18.2 Å². The Bertz CT molecular complexity index is 592. The summed E-state index contributed by atoms with van der Waals surface area (Å²) in [5, 5.41) is 0.757. The molecule has 3 nitrogen and oxygen atoms in total. The topological polar surface area (TPSA) is 31.9 Å². The maximum atomic E-state index is 6.06. The number of aromatic amines is 1. The number of hydrogen-bond donors (Lipinski definition) is 1. The van der Waals surface area contributed by atoms with Crippen LogP contribution in [0, 0.1) is 0 Å². The fourth-order valence-electron chi connectivity index (χ4n) is 3.33. The van der Waals surface area contributed by atoms with Crippen LogP contribution in [0.1, 0.15) is 51.4 Å². The average Bonchev–Trinajstić information content (AvgIpc) is 2.84. The highest BCUT2D eigenvalue weighted by molar-refractivity contribution is 6.31. The van der Waals surface area contributed by atoms with E-state index in [0.29, 0.717) is 12.1 Å². The molecule has 1 aliphatic rings. The molecule has 4 heteroatoms. The van der Waals surface area contributed by atoms with Crippen LogP contribution in [0.4, 0.5) is 0 Å². The third-order valence-electron chi connectivity index (χ3n) is 4.42. The summed E-state index contributed by atoms with van der Waals surface area (Å²) in [6, 6.07) is 6.88. The molecule has 0 radical (unpaired) electrons. The van der Waals surface area contributed by atoms with E-state index in [0.717, 1.165) is 28.3 Å². The molecule has 2 heterocycles. The maximum absolute atomic E-state index is 6.06. The third kappa shape index (κ3) is 2.57. The summed E-state index contributed by atoms with van der Waals surface area (Å²) in [6.07, 6.45) is 5.02. The van der Waals surface area contributed by atoms with E-state index in [9.17, 15) is 0 Å². The van der Waals surface area contributed by atoms with Gasteiger partial charge in [0, 0.05) is 11.1 Å². The summed E-state index contributed by atoms with van der Waals surface area (Å²) in [5.41, 5.74) is 2.04. The molecule has 0 aliphatic carbocycles. The fourth-order valence-corrected chi connectivity index (χ4v) is 3.50. The lowest BCUT2D eigenvalue weighted by Gasteiger charge is -2.38. The molecule has 1 aliphatic heterocycles. The number of rotatable bonds is 3. The summed E-state index contributed by atoms with van der Waals surface area (Å²) in [6.45, 7) is 5.75. The Hall–Kier alpha value is -1.06. The first-order chi connectivity index (χ1) is 9.69. The number of aromatic nitrogens is 2. The predicted molar refractivity (Wildman–Crippen MR) is 84.2 cm³/mol. The van der Waals surface area contributed by atoms with Crippen LogP contribution in [0.25, 0.3) is 11.0 Å². The van der Waals surface area contributed by atoms with Crippen LogP contribution in [0.3, 0.4) is 0 Å². The molecule has 1 saturated heterocycles. The Morgan fingerprint density at radius 1 is 1.45 bits per heavy atom. The molecule has 0 saturated carbocycles. The van der Waals surface area contributed by atoms with Crippen molar-refractivity contribution in [2.75, 3.05) is 6.54 Å². The number of H-pyrrole nitrogens is 1. The molecule has 108 valence electrons. The number of halogens is 1. The normalized spacial score (nSPS) is 22.2. The molecule has 2 unspecified atom stereocenters. The fraction of sp³-hybridized carbons (Fsp3) is 0.562. The first-order valence-corrected chi connectivity index (χ1v) is 7.97. The predicted octanol–water partition coefficient (Wildman–Crippen LogP) is 4.54.